The number of aliphatic imine (C=N–C) groups is 1. The summed E-state index contributed by atoms with van der Waals surface area (Å²) in [5.41, 5.74) is 0.787. The molecule has 0 aromatic carbocycles. The van der Waals surface area contributed by atoms with Gasteiger partial charge in [-0.05, 0) is 36.0 Å². The predicted molar refractivity (Wildman–Crippen MR) is 57.9 cm³/mol. The molecule has 0 spiro atoms. The number of hydrogen-bond donors (Lipinski definition) is 0. The molecule has 0 unspecified atom stereocenters. The average molecular weight is 195 g/mol. The Morgan fingerprint density at radius 2 is 1.71 bits per heavy atom. The van der Waals surface area contributed by atoms with Crippen molar-refractivity contribution in [1.82, 2.24) is 0 Å². The van der Waals surface area contributed by atoms with E-state index in [9.17, 15) is 4.79 Å². The Kier molecular flexibility index (Phi) is 3.16. The van der Waals surface area contributed by atoms with Crippen molar-refractivity contribution < 1.29 is 4.79 Å². The molecule has 1 aliphatic rings. The van der Waals surface area contributed by atoms with Gasteiger partial charge in [-0.25, -0.2) is 9.79 Å². The van der Waals surface area contributed by atoms with Crippen molar-refractivity contribution >= 4 is 6.08 Å². The molecule has 0 N–H and O–H groups in total. The second-order valence-electron chi connectivity index (χ2n) is 6.21. The highest BCUT2D eigenvalue weighted by atomic mass is 16.1. The summed E-state index contributed by atoms with van der Waals surface area (Å²) < 4.78 is 0. The Labute approximate surface area is 86.8 Å². The van der Waals surface area contributed by atoms with E-state index in [-0.39, 0.29) is 0 Å². The number of hydrogen-bond acceptors (Lipinski definition) is 2. The molecule has 1 aliphatic carbocycles. The molecule has 0 heterocycles. The van der Waals surface area contributed by atoms with Gasteiger partial charge < -0.3 is 0 Å². The first-order valence-corrected chi connectivity index (χ1v) is 5.38. The van der Waals surface area contributed by atoms with Gasteiger partial charge in [-0.3, -0.25) is 0 Å². The van der Waals surface area contributed by atoms with Crippen LogP contribution >= 0.6 is 0 Å². The molecule has 0 aromatic heterocycles. The lowest BCUT2D eigenvalue weighted by atomic mass is 9.61. The van der Waals surface area contributed by atoms with Crippen LogP contribution in [0.1, 0.15) is 47.0 Å². The molecule has 1 saturated carbocycles. The molecule has 0 aromatic rings. The highest BCUT2D eigenvalue weighted by Gasteiger charge is 2.38. The third-order valence-electron chi connectivity index (χ3n) is 3.05. The summed E-state index contributed by atoms with van der Waals surface area (Å²) in [4.78, 5) is 13.8. The van der Waals surface area contributed by atoms with E-state index < -0.39 is 0 Å². The number of nitrogens with zero attached hydrogens (tertiary/aromatic N) is 1. The first-order valence-electron chi connectivity index (χ1n) is 5.38. The van der Waals surface area contributed by atoms with Crippen molar-refractivity contribution in [2.75, 3.05) is 6.54 Å². The van der Waals surface area contributed by atoms with Gasteiger partial charge in [0, 0.05) is 0 Å². The largest absolute Gasteiger partial charge is 0.234 e. The number of carbonyl (C=O) groups excluding carboxylic acids is 1. The molecular formula is C12H21NO. The van der Waals surface area contributed by atoms with Gasteiger partial charge in [0.25, 0.3) is 0 Å². The molecule has 1 fully saturated rings. The van der Waals surface area contributed by atoms with Crippen LogP contribution < -0.4 is 0 Å². The molecule has 14 heavy (non-hydrogen) atoms. The minimum absolute atomic E-state index is 0.394. The van der Waals surface area contributed by atoms with Crippen LogP contribution in [0.15, 0.2) is 4.99 Å². The van der Waals surface area contributed by atoms with Crippen molar-refractivity contribution in [2.24, 2.45) is 21.7 Å². The Balaban J connectivity index is 2.66. The minimum atomic E-state index is 0.394. The maximum Gasteiger partial charge on any atom is 0.234 e. The van der Waals surface area contributed by atoms with Gasteiger partial charge in [0.05, 0.1) is 6.54 Å². The Hall–Kier alpha value is -0.620. The van der Waals surface area contributed by atoms with E-state index in [0.29, 0.717) is 23.3 Å². The maximum atomic E-state index is 10.1. The van der Waals surface area contributed by atoms with Crippen LogP contribution in [0.4, 0.5) is 0 Å². The quantitative estimate of drug-likeness (QED) is 0.491. The molecule has 80 valence electrons. The van der Waals surface area contributed by atoms with E-state index in [0.717, 1.165) is 0 Å². The second kappa shape index (κ2) is 3.86. The van der Waals surface area contributed by atoms with Gasteiger partial charge >= 0.3 is 0 Å². The first-order chi connectivity index (χ1) is 6.35. The van der Waals surface area contributed by atoms with E-state index in [1.807, 2.05) is 0 Å². The van der Waals surface area contributed by atoms with Crippen molar-refractivity contribution in [3.8, 4) is 0 Å². The fraction of sp³-hybridized carbons (Fsp3) is 0.917. The van der Waals surface area contributed by atoms with Gasteiger partial charge in [0.15, 0.2) is 0 Å². The number of isocyanates is 1. The van der Waals surface area contributed by atoms with Crippen LogP contribution in [-0.2, 0) is 4.79 Å². The monoisotopic (exact) mass is 195 g/mol. The van der Waals surface area contributed by atoms with Crippen molar-refractivity contribution in [2.45, 2.75) is 47.0 Å². The summed E-state index contributed by atoms with van der Waals surface area (Å²) in [7, 11) is 0. The molecule has 0 saturated heterocycles. The van der Waals surface area contributed by atoms with Crippen LogP contribution in [0.5, 0.6) is 0 Å². The van der Waals surface area contributed by atoms with Crippen LogP contribution in [0.2, 0.25) is 0 Å². The van der Waals surface area contributed by atoms with E-state index in [4.69, 9.17) is 0 Å². The van der Waals surface area contributed by atoms with Gasteiger partial charge in [-0.2, -0.15) is 0 Å². The minimum Gasteiger partial charge on any atom is -0.211 e. The zero-order valence-electron chi connectivity index (χ0n) is 9.76. The van der Waals surface area contributed by atoms with Gasteiger partial charge in [-0.15, -0.1) is 0 Å². The molecular weight excluding hydrogens is 174 g/mol. The third-order valence-corrected chi connectivity index (χ3v) is 3.05. The Morgan fingerprint density at radius 1 is 1.21 bits per heavy atom. The summed E-state index contributed by atoms with van der Waals surface area (Å²) in [5, 5.41) is 0. The molecule has 0 bridgehead atoms. The van der Waals surface area contributed by atoms with Gasteiger partial charge in [0.2, 0.25) is 6.08 Å². The summed E-state index contributed by atoms with van der Waals surface area (Å²) in [6.07, 6.45) is 5.27. The van der Waals surface area contributed by atoms with E-state index >= 15 is 0 Å². The smallest absolute Gasteiger partial charge is 0.211 e. The molecule has 0 atom stereocenters. The third kappa shape index (κ3) is 3.26. The second-order valence-corrected chi connectivity index (χ2v) is 6.21. The van der Waals surface area contributed by atoms with Crippen molar-refractivity contribution in [3.05, 3.63) is 0 Å². The molecule has 1 rings (SSSR count). The summed E-state index contributed by atoms with van der Waals surface area (Å²) in [5.74, 6) is 0.565. The maximum absolute atomic E-state index is 10.1. The lowest BCUT2D eigenvalue weighted by Crippen LogP contribution is -2.34. The standard InChI is InChI=1S/C12H21NO/c1-11(2)5-10(7-13-9-14)6-12(3,4)8-11/h10H,5-8H2,1-4H3. The van der Waals surface area contributed by atoms with Crippen molar-refractivity contribution in [1.29, 1.82) is 0 Å². The fourth-order valence-electron chi connectivity index (χ4n) is 3.37. The normalized spacial score (nSPS) is 25.4. The van der Waals surface area contributed by atoms with Gasteiger partial charge in [0.1, 0.15) is 0 Å². The average Bonchev–Trinajstić information content (AvgIpc) is 1.94. The highest BCUT2D eigenvalue weighted by Crippen LogP contribution is 2.48. The SMILES string of the molecule is CC1(C)CC(CN=C=O)CC(C)(C)C1. The van der Waals surface area contributed by atoms with Crippen LogP contribution in [0.3, 0.4) is 0 Å². The summed E-state index contributed by atoms with van der Waals surface area (Å²) in [6.45, 7) is 9.91. The van der Waals surface area contributed by atoms with Crippen LogP contribution in [-0.4, -0.2) is 12.6 Å². The fourth-order valence-corrected chi connectivity index (χ4v) is 3.37. The zero-order valence-corrected chi connectivity index (χ0v) is 9.76. The zero-order chi connectivity index (χ0) is 10.8. The van der Waals surface area contributed by atoms with Gasteiger partial charge in [-0.1, -0.05) is 27.7 Å². The molecule has 2 nitrogen and oxygen atoms in total. The summed E-state index contributed by atoms with van der Waals surface area (Å²) >= 11 is 0. The van der Waals surface area contributed by atoms with Crippen LogP contribution in [0, 0.1) is 16.7 Å². The molecule has 2 heteroatoms. The lowest BCUT2D eigenvalue weighted by Gasteiger charge is -2.44. The molecule has 0 radical (unpaired) electrons. The molecule has 0 aliphatic heterocycles. The topological polar surface area (TPSA) is 29.4 Å². The Bertz CT molecular complexity index is 233. The van der Waals surface area contributed by atoms with E-state index in [2.05, 4.69) is 32.7 Å². The lowest BCUT2D eigenvalue weighted by molar-refractivity contribution is 0.0714. The van der Waals surface area contributed by atoms with Crippen molar-refractivity contribution in [3.63, 3.8) is 0 Å². The predicted octanol–water partition coefficient (Wildman–Crippen LogP) is 3.17. The van der Waals surface area contributed by atoms with Crippen LogP contribution in [0.25, 0.3) is 0 Å². The van der Waals surface area contributed by atoms with E-state index in [1.54, 1.807) is 6.08 Å². The Morgan fingerprint density at radius 3 is 2.14 bits per heavy atom. The highest BCUT2D eigenvalue weighted by molar-refractivity contribution is 5.32. The summed E-state index contributed by atoms with van der Waals surface area (Å²) in [6, 6.07) is 0. The number of rotatable bonds is 2. The molecule has 0 amide bonds. The van der Waals surface area contributed by atoms with E-state index in [1.165, 1.54) is 19.3 Å². The first kappa shape index (κ1) is 11.5.